The van der Waals surface area contributed by atoms with Crippen molar-refractivity contribution in [3.05, 3.63) is 70.2 Å². The summed E-state index contributed by atoms with van der Waals surface area (Å²) in [5.74, 6) is -1.57. The summed E-state index contributed by atoms with van der Waals surface area (Å²) < 4.78 is 43.4. The molecule has 146 valence electrons. The Hall–Kier alpha value is -3.05. The molecular weight excluding hydrogens is 397 g/mol. The van der Waals surface area contributed by atoms with Crippen LogP contribution in [0.3, 0.4) is 0 Å². The Morgan fingerprint density at radius 1 is 1.18 bits per heavy atom. The molecule has 0 aliphatic heterocycles. The minimum atomic E-state index is -4.61. The number of esters is 1. The van der Waals surface area contributed by atoms with Crippen molar-refractivity contribution in [2.45, 2.75) is 18.7 Å². The molecular formula is C19H14ClF3N2O3. The van der Waals surface area contributed by atoms with E-state index < -0.39 is 29.7 Å². The number of rotatable bonds is 6. The number of carbonyl (C=O) groups is 2. The highest BCUT2D eigenvalue weighted by Crippen LogP contribution is 2.29. The summed E-state index contributed by atoms with van der Waals surface area (Å²) >= 11 is 5.92. The Morgan fingerprint density at radius 2 is 1.89 bits per heavy atom. The number of amides is 1. The lowest BCUT2D eigenvalue weighted by molar-refractivity contribution is -0.137. The van der Waals surface area contributed by atoms with E-state index in [1.54, 1.807) is 18.2 Å². The molecule has 1 amide bonds. The summed E-state index contributed by atoms with van der Waals surface area (Å²) in [6.07, 6.45) is -5.91. The molecule has 1 N–H and O–H groups in total. The highest BCUT2D eigenvalue weighted by atomic mass is 35.5. The van der Waals surface area contributed by atoms with Crippen molar-refractivity contribution in [3.8, 4) is 6.07 Å². The monoisotopic (exact) mass is 410 g/mol. The maximum Gasteiger partial charge on any atom is 0.416 e. The van der Waals surface area contributed by atoms with Gasteiger partial charge in [-0.3, -0.25) is 4.79 Å². The Bertz CT molecular complexity index is 910. The van der Waals surface area contributed by atoms with E-state index >= 15 is 0 Å². The fraction of sp³-hybridized carbons (Fsp3) is 0.211. The van der Waals surface area contributed by atoms with E-state index in [1.807, 2.05) is 0 Å². The van der Waals surface area contributed by atoms with Crippen molar-refractivity contribution in [3.63, 3.8) is 0 Å². The average molecular weight is 411 g/mol. The standard InChI is InChI=1S/C19H14ClF3N2O3/c20-16-7-2-1-6-15(16)17(26)25-11-14(8-9-24)28-18(27)12-4-3-5-13(10-12)19(21,22)23/h1-7,10,14H,8,11H2,(H,25,26)/t14-/m1/s1. The second kappa shape index (κ2) is 9.24. The zero-order valence-corrected chi connectivity index (χ0v) is 15.1. The smallest absolute Gasteiger partial charge is 0.416 e. The van der Waals surface area contributed by atoms with Crippen molar-refractivity contribution < 1.29 is 27.5 Å². The van der Waals surface area contributed by atoms with Crippen molar-refractivity contribution in [2.24, 2.45) is 0 Å². The van der Waals surface area contributed by atoms with E-state index in [2.05, 4.69) is 5.32 Å². The number of hydrogen-bond donors (Lipinski definition) is 1. The van der Waals surface area contributed by atoms with Crippen LogP contribution in [0.2, 0.25) is 5.02 Å². The lowest BCUT2D eigenvalue weighted by Gasteiger charge is -2.17. The molecule has 0 saturated heterocycles. The number of nitriles is 1. The fourth-order valence-corrected chi connectivity index (χ4v) is 2.47. The minimum absolute atomic E-state index is 0.198. The quantitative estimate of drug-likeness (QED) is 0.723. The largest absolute Gasteiger partial charge is 0.456 e. The minimum Gasteiger partial charge on any atom is -0.456 e. The van der Waals surface area contributed by atoms with Gasteiger partial charge >= 0.3 is 12.1 Å². The highest BCUT2D eigenvalue weighted by Gasteiger charge is 2.31. The van der Waals surface area contributed by atoms with Crippen molar-refractivity contribution >= 4 is 23.5 Å². The maximum atomic E-state index is 12.8. The molecule has 0 saturated carbocycles. The van der Waals surface area contributed by atoms with E-state index in [-0.39, 0.29) is 29.1 Å². The third kappa shape index (κ3) is 5.72. The first-order chi connectivity index (χ1) is 13.2. The topological polar surface area (TPSA) is 79.2 Å². The maximum absolute atomic E-state index is 12.8. The van der Waals surface area contributed by atoms with Crippen LogP contribution in [0, 0.1) is 11.3 Å². The van der Waals surface area contributed by atoms with Gasteiger partial charge in [-0.25, -0.2) is 4.79 Å². The van der Waals surface area contributed by atoms with Crippen molar-refractivity contribution in [2.75, 3.05) is 6.54 Å². The fourth-order valence-electron chi connectivity index (χ4n) is 2.25. The molecule has 0 aliphatic carbocycles. The molecule has 0 unspecified atom stereocenters. The van der Waals surface area contributed by atoms with Crippen LogP contribution in [0.5, 0.6) is 0 Å². The van der Waals surface area contributed by atoms with Crippen LogP contribution >= 0.6 is 11.6 Å². The van der Waals surface area contributed by atoms with Gasteiger partial charge in [0, 0.05) is 0 Å². The summed E-state index contributed by atoms with van der Waals surface area (Å²) in [6.45, 7) is -0.206. The van der Waals surface area contributed by atoms with Crippen LogP contribution in [0.15, 0.2) is 48.5 Å². The number of hydrogen-bond acceptors (Lipinski definition) is 4. The molecule has 9 heteroatoms. The number of ether oxygens (including phenoxy) is 1. The van der Waals surface area contributed by atoms with Crippen LogP contribution in [-0.2, 0) is 10.9 Å². The van der Waals surface area contributed by atoms with E-state index in [1.165, 1.54) is 18.2 Å². The Balaban J connectivity index is 2.04. The van der Waals surface area contributed by atoms with Gasteiger partial charge in [-0.15, -0.1) is 0 Å². The lowest BCUT2D eigenvalue weighted by atomic mass is 10.1. The van der Waals surface area contributed by atoms with E-state index in [9.17, 15) is 22.8 Å². The predicted molar refractivity (Wildman–Crippen MR) is 94.7 cm³/mol. The molecule has 1 atom stereocenters. The van der Waals surface area contributed by atoms with Gasteiger partial charge in [0.05, 0.1) is 40.7 Å². The molecule has 0 radical (unpaired) electrons. The van der Waals surface area contributed by atoms with Crippen molar-refractivity contribution in [1.82, 2.24) is 5.32 Å². The zero-order valence-electron chi connectivity index (χ0n) is 14.3. The zero-order chi connectivity index (χ0) is 20.7. The lowest BCUT2D eigenvalue weighted by Crippen LogP contribution is -2.35. The predicted octanol–water partition coefficient (Wildman–Crippen LogP) is 4.23. The number of nitrogens with zero attached hydrogens (tertiary/aromatic N) is 1. The number of alkyl halides is 3. The van der Waals surface area contributed by atoms with Crippen molar-refractivity contribution in [1.29, 1.82) is 5.26 Å². The van der Waals surface area contributed by atoms with E-state index in [0.717, 1.165) is 12.1 Å². The third-order valence-electron chi connectivity index (χ3n) is 3.63. The molecule has 0 spiro atoms. The summed E-state index contributed by atoms with van der Waals surface area (Å²) in [4.78, 5) is 24.3. The average Bonchev–Trinajstić information content (AvgIpc) is 2.65. The van der Waals surface area contributed by atoms with Gasteiger partial charge in [0.15, 0.2) is 0 Å². The summed E-state index contributed by atoms with van der Waals surface area (Å²) in [5, 5.41) is 11.6. The number of halogens is 4. The molecule has 2 aromatic carbocycles. The SMILES string of the molecule is N#CC[C@H](CNC(=O)c1ccccc1Cl)OC(=O)c1cccc(C(F)(F)F)c1. The van der Waals surface area contributed by atoms with Crippen LogP contribution in [0.4, 0.5) is 13.2 Å². The second-order valence-electron chi connectivity index (χ2n) is 5.66. The van der Waals surface area contributed by atoms with Gasteiger partial charge < -0.3 is 10.1 Å². The first-order valence-corrected chi connectivity index (χ1v) is 8.38. The Labute approximate surface area is 163 Å². The van der Waals surface area contributed by atoms with Gasteiger partial charge in [0.25, 0.3) is 5.91 Å². The molecule has 0 aromatic heterocycles. The first kappa shape index (κ1) is 21.3. The van der Waals surface area contributed by atoms with Gasteiger partial charge in [-0.1, -0.05) is 29.8 Å². The third-order valence-corrected chi connectivity index (χ3v) is 3.96. The van der Waals surface area contributed by atoms with Gasteiger partial charge in [0.1, 0.15) is 6.10 Å². The van der Waals surface area contributed by atoms with Gasteiger partial charge in [-0.2, -0.15) is 18.4 Å². The van der Waals surface area contributed by atoms with Crippen LogP contribution in [0.1, 0.15) is 32.7 Å². The van der Waals surface area contributed by atoms with E-state index in [0.29, 0.717) is 6.07 Å². The summed E-state index contributed by atoms with van der Waals surface area (Å²) in [6, 6.07) is 11.8. The molecule has 5 nitrogen and oxygen atoms in total. The highest BCUT2D eigenvalue weighted by molar-refractivity contribution is 6.33. The van der Waals surface area contributed by atoms with Crippen LogP contribution in [0.25, 0.3) is 0 Å². The molecule has 28 heavy (non-hydrogen) atoms. The number of nitrogens with one attached hydrogen (secondary N) is 1. The Morgan fingerprint density at radius 3 is 2.54 bits per heavy atom. The molecule has 2 aromatic rings. The van der Waals surface area contributed by atoms with Gasteiger partial charge in [-0.05, 0) is 30.3 Å². The molecule has 0 heterocycles. The first-order valence-electron chi connectivity index (χ1n) is 8.00. The molecule has 0 bridgehead atoms. The second-order valence-corrected chi connectivity index (χ2v) is 6.07. The summed E-state index contributed by atoms with van der Waals surface area (Å²) in [5.41, 5.74) is -1.11. The Kier molecular flexibility index (Phi) is 7.01. The summed E-state index contributed by atoms with van der Waals surface area (Å²) in [7, 11) is 0. The number of carbonyl (C=O) groups excluding carboxylic acids is 2. The number of benzene rings is 2. The molecule has 0 fully saturated rings. The molecule has 2 rings (SSSR count). The van der Waals surface area contributed by atoms with Gasteiger partial charge in [0.2, 0.25) is 0 Å². The molecule has 0 aliphatic rings. The normalized spacial score (nSPS) is 12.0. The van der Waals surface area contributed by atoms with E-state index in [4.69, 9.17) is 21.6 Å². The van der Waals surface area contributed by atoms with Crippen LogP contribution in [-0.4, -0.2) is 24.5 Å². The van der Waals surface area contributed by atoms with Crippen LogP contribution < -0.4 is 5.32 Å².